The van der Waals surface area contributed by atoms with Gasteiger partial charge in [-0.3, -0.25) is 14.9 Å². The maximum Gasteiger partial charge on any atom is 0.346 e. The van der Waals surface area contributed by atoms with Crippen molar-refractivity contribution in [1.82, 2.24) is 0 Å². The minimum atomic E-state index is -1.37. The number of nitro benzene ring substituents is 1. The fourth-order valence-electron chi connectivity index (χ4n) is 2.62. The number of para-hydroxylation sites is 1. The van der Waals surface area contributed by atoms with Crippen molar-refractivity contribution >= 4 is 23.3 Å². The molecule has 0 aliphatic heterocycles. The fourth-order valence-corrected chi connectivity index (χ4v) is 2.62. The molecular formula is C21H15FN2O5. The summed E-state index contributed by atoms with van der Waals surface area (Å²) in [5.41, 5.74) is -0.0191. The largest absolute Gasteiger partial charge is 0.443 e. The van der Waals surface area contributed by atoms with E-state index in [0.717, 1.165) is 0 Å². The number of carbonyl (C=O) groups excluding carboxylic acids is 2. The average Bonchev–Trinajstić information content (AvgIpc) is 2.74. The highest BCUT2D eigenvalue weighted by Gasteiger charge is 2.29. The van der Waals surface area contributed by atoms with Gasteiger partial charge < -0.3 is 10.1 Å². The Hall–Kier alpha value is -4.07. The number of nitrogens with one attached hydrogen (secondary N) is 1. The molecule has 3 aromatic rings. The number of halogens is 1. The molecule has 0 aromatic heterocycles. The summed E-state index contributed by atoms with van der Waals surface area (Å²) in [5, 5.41) is 13.7. The normalized spacial score (nSPS) is 11.3. The van der Waals surface area contributed by atoms with Crippen LogP contribution in [0.15, 0.2) is 78.9 Å². The Labute approximate surface area is 164 Å². The van der Waals surface area contributed by atoms with Gasteiger partial charge in [0.25, 0.3) is 11.6 Å². The van der Waals surface area contributed by atoms with Gasteiger partial charge in [0.05, 0.1) is 4.92 Å². The molecule has 0 bridgehead atoms. The maximum atomic E-state index is 13.1. The van der Waals surface area contributed by atoms with Gasteiger partial charge in [-0.25, -0.2) is 9.18 Å². The summed E-state index contributed by atoms with van der Waals surface area (Å²) in [4.78, 5) is 35.8. The smallest absolute Gasteiger partial charge is 0.346 e. The molecule has 8 heteroatoms. The number of amides is 1. The molecule has 3 rings (SSSR count). The van der Waals surface area contributed by atoms with Crippen molar-refractivity contribution in [3.8, 4) is 0 Å². The van der Waals surface area contributed by atoms with E-state index in [4.69, 9.17) is 4.74 Å². The van der Waals surface area contributed by atoms with Gasteiger partial charge in [-0.1, -0.05) is 42.5 Å². The van der Waals surface area contributed by atoms with Crippen LogP contribution in [0.4, 0.5) is 15.8 Å². The second-order valence-electron chi connectivity index (χ2n) is 5.97. The molecule has 146 valence electrons. The number of rotatable bonds is 6. The number of benzene rings is 3. The van der Waals surface area contributed by atoms with Crippen LogP contribution in [0, 0.1) is 15.9 Å². The number of nitrogens with zero attached hydrogens (tertiary/aromatic N) is 1. The van der Waals surface area contributed by atoms with Crippen molar-refractivity contribution in [3.63, 3.8) is 0 Å². The zero-order valence-electron chi connectivity index (χ0n) is 14.9. The van der Waals surface area contributed by atoms with Crippen molar-refractivity contribution in [2.45, 2.75) is 6.10 Å². The summed E-state index contributed by atoms with van der Waals surface area (Å²) in [5.74, 6) is -2.17. The minimum absolute atomic E-state index is 0.270. The quantitative estimate of drug-likeness (QED) is 0.382. The highest BCUT2D eigenvalue weighted by Crippen LogP contribution is 2.25. The van der Waals surface area contributed by atoms with Gasteiger partial charge in [0.2, 0.25) is 6.10 Å². The molecule has 7 nitrogen and oxygen atoms in total. The number of hydrogen-bond acceptors (Lipinski definition) is 5. The molecule has 0 aliphatic carbocycles. The Morgan fingerprint density at radius 3 is 2.21 bits per heavy atom. The third kappa shape index (κ3) is 4.81. The third-order valence-corrected chi connectivity index (χ3v) is 4.00. The van der Waals surface area contributed by atoms with Crippen molar-refractivity contribution in [2.75, 3.05) is 5.32 Å². The number of esters is 1. The second kappa shape index (κ2) is 8.75. The zero-order valence-corrected chi connectivity index (χ0v) is 14.9. The SMILES string of the molecule is O=C(O[C@H](C(=O)Nc1ccc(F)cc1)c1ccccc1)c1ccccc1[N+](=O)[O-]. The first-order valence-electron chi connectivity index (χ1n) is 8.51. The molecule has 1 N–H and O–H groups in total. The standard InChI is InChI=1S/C21H15FN2O5/c22-15-10-12-16(13-11-15)23-20(25)19(14-6-2-1-3-7-14)29-21(26)17-8-4-5-9-18(17)24(27)28/h1-13,19H,(H,23,25)/t19-/m0/s1. The van der Waals surface area contributed by atoms with Crippen LogP contribution in [0.3, 0.4) is 0 Å². The van der Waals surface area contributed by atoms with Crippen LogP contribution in [0.25, 0.3) is 0 Å². The molecule has 0 aliphatic rings. The molecule has 0 saturated carbocycles. The fraction of sp³-hybridized carbons (Fsp3) is 0.0476. The van der Waals surface area contributed by atoms with Crippen LogP contribution in [-0.2, 0) is 9.53 Å². The van der Waals surface area contributed by atoms with Gasteiger partial charge in [-0.2, -0.15) is 0 Å². The molecule has 0 fully saturated rings. The predicted molar refractivity (Wildman–Crippen MR) is 103 cm³/mol. The van der Waals surface area contributed by atoms with Crippen molar-refractivity contribution < 1.29 is 23.6 Å². The number of hydrogen-bond donors (Lipinski definition) is 1. The van der Waals surface area contributed by atoms with Gasteiger partial charge >= 0.3 is 5.97 Å². The van der Waals surface area contributed by atoms with Gasteiger partial charge in [-0.15, -0.1) is 0 Å². The predicted octanol–water partition coefficient (Wildman–Crippen LogP) is 4.27. The van der Waals surface area contributed by atoms with Crippen molar-refractivity contribution in [1.29, 1.82) is 0 Å². The van der Waals surface area contributed by atoms with E-state index in [1.54, 1.807) is 30.3 Å². The number of nitro groups is 1. The first kappa shape index (κ1) is 19.7. The van der Waals surface area contributed by atoms with E-state index in [2.05, 4.69) is 5.32 Å². The van der Waals surface area contributed by atoms with Crippen LogP contribution in [0.2, 0.25) is 0 Å². The van der Waals surface area contributed by atoms with E-state index in [-0.39, 0.29) is 5.56 Å². The lowest BCUT2D eigenvalue weighted by Gasteiger charge is -2.18. The Morgan fingerprint density at radius 2 is 1.55 bits per heavy atom. The Kier molecular flexibility index (Phi) is 5.94. The summed E-state index contributed by atoms with van der Waals surface area (Å²) < 4.78 is 18.4. The minimum Gasteiger partial charge on any atom is -0.443 e. The highest BCUT2D eigenvalue weighted by atomic mass is 19.1. The molecule has 1 amide bonds. The monoisotopic (exact) mass is 394 g/mol. The molecule has 3 aromatic carbocycles. The summed E-state index contributed by atoms with van der Waals surface area (Å²) in [6.07, 6.45) is -1.37. The molecular weight excluding hydrogens is 379 g/mol. The van der Waals surface area contributed by atoms with Crippen molar-refractivity contribution in [2.24, 2.45) is 0 Å². The first-order chi connectivity index (χ1) is 14.0. The molecule has 0 radical (unpaired) electrons. The highest BCUT2D eigenvalue weighted by molar-refractivity contribution is 5.99. The van der Waals surface area contributed by atoms with E-state index < -0.39 is 34.4 Å². The molecule has 0 saturated heterocycles. The lowest BCUT2D eigenvalue weighted by molar-refractivity contribution is -0.385. The summed E-state index contributed by atoms with van der Waals surface area (Å²) in [6.45, 7) is 0. The lowest BCUT2D eigenvalue weighted by atomic mass is 10.1. The van der Waals surface area contributed by atoms with Crippen LogP contribution >= 0.6 is 0 Å². The van der Waals surface area contributed by atoms with Crippen molar-refractivity contribution in [3.05, 3.63) is 106 Å². The van der Waals surface area contributed by atoms with E-state index >= 15 is 0 Å². The van der Waals surface area contributed by atoms with Gasteiger partial charge in [-0.05, 0) is 30.3 Å². The Balaban J connectivity index is 1.88. The van der Waals surface area contributed by atoms with E-state index in [1.807, 2.05) is 0 Å². The van der Waals surface area contributed by atoms with Gasteiger partial charge in [0.15, 0.2) is 0 Å². The average molecular weight is 394 g/mol. The maximum absolute atomic E-state index is 13.1. The number of anilines is 1. The second-order valence-corrected chi connectivity index (χ2v) is 5.97. The Bertz CT molecular complexity index is 1040. The molecule has 29 heavy (non-hydrogen) atoms. The number of ether oxygens (including phenoxy) is 1. The Morgan fingerprint density at radius 1 is 0.931 bits per heavy atom. The van der Waals surface area contributed by atoms with Gasteiger partial charge in [0.1, 0.15) is 11.4 Å². The topological polar surface area (TPSA) is 98.5 Å². The van der Waals surface area contributed by atoms with Crippen LogP contribution in [-0.4, -0.2) is 16.8 Å². The third-order valence-electron chi connectivity index (χ3n) is 4.00. The van der Waals surface area contributed by atoms with E-state index in [0.29, 0.717) is 11.3 Å². The summed E-state index contributed by atoms with van der Waals surface area (Å²) >= 11 is 0. The molecule has 0 spiro atoms. The van der Waals surface area contributed by atoms with E-state index in [1.165, 1.54) is 48.5 Å². The summed E-state index contributed by atoms with van der Waals surface area (Å²) in [6, 6.07) is 18.6. The molecule has 0 heterocycles. The van der Waals surface area contributed by atoms with Crippen LogP contribution in [0.1, 0.15) is 22.0 Å². The van der Waals surface area contributed by atoms with Crippen LogP contribution < -0.4 is 5.32 Å². The molecule has 1 atom stereocenters. The van der Waals surface area contributed by atoms with Crippen LogP contribution in [0.5, 0.6) is 0 Å². The lowest BCUT2D eigenvalue weighted by Crippen LogP contribution is -2.26. The first-order valence-corrected chi connectivity index (χ1v) is 8.51. The zero-order chi connectivity index (χ0) is 20.8. The van der Waals surface area contributed by atoms with Gasteiger partial charge in [0, 0.05) is 17.3 Å². The molecule has 0 unspecified atom stereocenters. The summed E-state index contributed by atoms with van der Waals surface area (Å²) in [7, 11) is 0. The number of carbonyl (C=O) groups is 2. The van der Waals surface area contributed by atoms with E-state index in [9.17, 15) is 24.1 Å².